The predicted molar refractivity (Wildman–Crippen MR) is 128 cm³/mol. The third kappa shape index (κ3) is 4.77. The summed E-state index contributed by atoms with van der Waals surface area (Å²) in [6.45, 7) is 6.77. The minimum atomic E-state index is -0.429. The maximum Gasteiger partial charge on any atom is 0.322 e. The van der Waals surface area contributed by atoms with Crippen molar-refractivity contribution < 1.29 is 14.1 Å². The lowest BCUT2D eigenvalue weighted by Gasteiger charge is -2.35. The lowest BCUT2D eigenvalue weighted by Crippen LogP contribution is -2.46. The summed E-state index contributed by atoms with van der Waals surface area (Å²) in [7, 11) is 1.63. The number of methoxy groups -OCH3 is 1. The Kier molecular flexibility index (Phi) is 6.77. The first-order valence-electron chi connectivity index (χ1n) is 11.4. The minimum Gasteiger partial charge on any atom is -0.497 e. The van der Waals surface area contributed by atoms with Crippen LogP contribution in [0.4, 0.5) is 4.79 Å². The topological polar surface area (TPSA) is 80.5 Å². The first kappa shape index (κ1) is 22.6. The molecule has 2 heterocycles. The Morgan fingerprint density at radius 2 is 1.91 bits per heavy atom. The number of allylic oxidation sites excluding steroid dienone is 1. The van der Waals surface area contributed by atoms with Crippen molar-refractivity contribution in [3.8, 4) is 17.1 Å². The van der Waals surface area contributed by atoms with Gasteiger partial charge >= 0.3 is 6.03 Å². The molecular weight excluding hydrogens is 416 g/mol. The number of urea groups is 1. The largest absolute Gasteiger partial charge is 0.497 e. The SMILES string of the molecule is CCCCCN1C(=O)NC(c2cccc(OC)c2)C(c2nc(-c3ccc(C)cc3)no2)=C1C. The van der Waals surface area contributed by atoms with Gasteiger partial charge < -0.3 is 14.6 Å². The average molecular weight is 447 g/mol. The first-order chi connectivity index (χ1) is 16.0. The molecule has 4 rings (SSSR count). The molecule has 1 atom stereocenters. The molecule has 7 heteroatoms. The number of carbonyl (C=O) groups excluding carboxylic acids is 1. The highest BCUT2D eigenvalue weighted by Gasteiger charge is 2.35. The van der Waals surface area contributed by atoms with E-state index in [4.69, 9.17) is 14.2 Å². The molecule has 0 fully saturated rings. The molecule has 1 aromatic heterocycles. The van der Waals surface area contributed by atoms with Gasteiger partial charge in [0.05, 0.1) is 18.7 Å². The number of hydrogen-bond donors (Lipinski definition) is 1. The van der Waals surface area contributed by atoms with Gasteiger partial charge in [0.1, 0.15) is 5.75 Å². The molecule has 2 aromatic carbocycles. The normalized spacial score (nSPS) is 16.2. The molecule has 33 heavy (non-hydrogen) atoms. The second-order valence-corrected chi connectivity index (χ2v) is 8.31. The summed E-state index contributed by atoms with van der Waals surface area (Å²) in [5.41, 5.74) is 4.55. The van der Waals surface area contributed by atoms with Gasteiger partial charge in [-0.2, -0.15) is 4.98 Å². The average Bonchev–Trinajstić information content (AvgIpc) is 3.31. The van der Waals surface area contributed by atoms with Crippen LogP contribution in [0, 0.1) is 6.92 Å². The molecule has 0 aliphatic carbocycles. The molecule has 7 nitrogen and oxygen atoms in total. The van der Waals surface area contributed by atoms with Crippen LogP contribution < -0.4 is 10.1 Å². The second kappa shape index (κ2) is 9.90. The van der Waals surface area contributed by atoms with E-state index in [0.29, 0.717) is 18.3 Å². The highest BCUT2D eigenvalue weighted by molar-refractivity contribution is 5.87. The summed E-state index contributed by atoms with van der Waals surface area (Å²) in [5.74, 6) is 1.63. The number of rotatable bonds is 8. The van der Waals surface area contributed by atoms with Gasteiger partial charge in [0.2, 0.25) is 5.82 Å². The molecule has 0 bridgehead atoms. The number of benzene rings is 2. The molecular formula is C26H30N4O3. The molecule has 0 saturated carbocycles. The van der Waals surface area contributed by atoms with Crippen molar-refractivity contribution in [2.24, 2.45) is 0 Å². The lowest BCUT2D eigenvalue weighted by atomic mass is 9.94. The van der Waals surface area contributed by atoms with Crippen molar-refractivity contribution in [1.29, 1.82) is 0 Å². The molecule has 172 valence electrons. The molecule has 0 radical (unpaired) electrons. The number of hydrogen-bond acceptors (Lipinski definition) is 5. The fourth-order valence-electron chi connectivity index (χ4n) is 4.07. The Bertz CT molecular complexity index is 1150. The van der Waals surface area contributed by atoms with Crippen molar-refractivity contribution in [3.63, 3.8) is 0 Å². The van der Waals surface area contributed by atoms with Crippen molar-refractivity contribution in [3.05, 3.63) is 71.2 Å². The maximum absolute atomic E-state index is 13.1. The highest BCUT2D eigenvalue weighted by atomic mass is 16.5. The Balaban J connectivity index is 1.77. The lowest BCUT2D eigenvalue weighted by molar-refractivity contribution is 0.204. The van der Waals surface area contributed by atoms with Crippen LogP contribution in [-0.2, 0) is 0 Å². The second-order valence-electron chi connectivity index (χ2n) is 8.31. The van der Waals surface area contributed by atoms with E-state index in [2.05, 4.69) is 17.4 Å². The van der Waals surface area contributed by atoms with Crippen molar-refractivity contribution in [1.82, 2.24) is 20.4 Å². The Morgan fingerprint density at radius 3 is 2.64 bits per heavy atom. The zero-order valence-corrected chi connectivity index (χ0v) is 19.6. The number of nitrogens with one attached hydrogen (secondary N) is 1. The Morgan fingerprint density at radius 1 is 1.12 bits per heavy atom. The summed E-state index contributed by atoms with van der Waals surface area (Å²) >= 11 is 0. The van der Waals surface area contributed by atoms with E-state index in [9.17, 15) is 4.79 Å². The number of amides is 2. The fourth-order valence-corrected chi connectivity index (χ4v) is 4.07. The summed E-state index contributed by atoms with van der Waals surface area (Å²) < 4.78 is 11.2. The quantitative estimate of drug-likeness (QED) is 0.446. The van der Waals surface area contributed by atoms with Gasteiger partial charge in [0.15, 0.2) is 0 Å². The molecule has 0 saturated heterocycles. The van der Waals surface area contributed by atoms with Crippen LogP contribution >= 0.6 is 0 Å². The summed E-state index contributed by atoms with van der Waals surface area (Å²) in [5, 5.41) is 7.37. The summed E-state index contributed by atoms with van der Waals surface area (Å²) in [4.78, 5) is 19.5. The van der Waals surface area contributed by atoms with Gasteiger partial charge in [-0.25, -0.2) is 4.79 Å². The van der Waals surface area contributed by atoms with E-state index in [0.717, 1.165) is 53.0 Å². The molecule has 2 amide bonds. The number of aromatic nitrogens is 2. The number of carbonyl (C=O) groups is 1. The minimum absolute atomic E-state index is 0.126. The smallest absolute Gasteiger partial charge is 0.322 e. The van der Waals surface area contributed by atoms with E-state index in [-0.39, 0.29) is 6.03 Å². The van der Waals surface area contributed by atoms with E-state index < -0.39 is 6.04 Å². The first-order valence-corrected chi connectivity index (χ1v) is 11.4. The Hall–Kier alpha value is -3.61. The van der Waals surface area contributed by atoms with Crippen molar-refractivity contribution >= 4 is 11.6 Å². The van der Waals surface area contributed by atoms with E-state index in [1.807, 2.05) is 62.4 Å². The fraction of sp³-hybridized carbons (Fsp3) is 0.346. The molecule has 1 unspecified atom stereocenters. The van der Waals surface area contributed by atoms with Gasteiger partial charge in [-0.15, -0.1) is 0 Å². The third-order valence-corrected chi connectivity index (χ3v) is 5.97. The molecule has 3 aromatic rings. The Labute approximate surface area is 194 Å². The third-order valence-electron chi connectivity index (χ3n) is 5.97. The van der Waals surface area contributed by atoms with Crippen molar-refractivity contribution in [2.75, 3.05) is 13.7 Å². The van der Waals surface area contributed by atoms with Crippen molar-refractivity contribution in [2.45, 2.75) is 46.1 Å². The number of ether oxygens (including phenoxy) is 1. The van der Waals surface area contributed by atoms with Gasteiger partial charge in [0.25, 0.3) is 5.89 Å². The van der Waals surface area contributed by atoms with Crippen LogP contribution in [0.25, 0.3) is 17.0 Å². The zero-order chi connectivity index (χ0) is 23.4. The summed E-state index contributed by atoms with van der Waals surface area (Å²) in [6, 6.07) is 15.1. The maximum atomic E-state index is 13.1. The van der Waals surface area contributed by atoms with Gasteiger partial charge in [0, 0.05) is 17.8 Å². The standard InChI is InChI=1S/C26H30N4O3/c1-5-6-7-15-30-18(3)22(23(27-26(30)31)20-9-8-10-21(16-20)32-4)25-28-24(29-33-25)19-13-11-17(2)12-14-19/h8-14,16,23H,5-7,15H2,1-4H3,(H,27,31). The van der Waals surface area contributed by atoms with Crippen LogP contribution in [0.15, 0.2) is 58.8 Å². The molecule has 1 aliphatic rings. The predicted octanol–water partition coefficient (Wildman–Crippen LogP) is 5.74. The van der Waals surface area contributed by atoms with Gasteiger partial charge in [-0.1, -0.05) is 66.9 Å². The zero-order valence-electron chi connectivity index (χ0n) is 19.6. The molecule has 1 N–H and O–H groups in total. The van der Waals surface area contributed by atoms with Crippen LogP contribution in [0.1, 0.15) is 56.2 Å². The van der Waals surface area contributed by atoms with E-state index in [1.54, 1.807) is 12.0 Å². The van der Waals surface area contributed by atoms with E-state index in [1.165, 1.54) is 0 Å². The number of unbranched alkanes of at least 4 members (excludes halogenated alkanes) is 2. The van der Waals surface area contributed by atoms with Crippen LogP contribution in [0.5, 0.6) is 5.75 Å². The van der Waals surface area contributed by atoms with E-state index >= 15 is 0 Å². The highest BCUT2D eigenvalue weighted by Crippen LogP contribution is 2.38. The van der Waals surface area contributed by atoms with Crippen LogP contribution in [0.2, 0.25) is 0 Å². The van der Waals surface area contributed by atoms with Gasteiger partial charge in [-0.3, -0.25) is 4.90 Å². The van der Waals surface area contributed by atoms with Crippen LogP contribution in [-0.4, -0.2) is 34.7 Å². The molecule has 1 aliphatic heterocycles. The molecule has 0 spiro atoms. The van der Waals surface area contributed by atoms with Crippen LogP contribution in [0.3, 0.4) is 0 Å². The number of aryl methyl sites for hydroxylation is 1. The van der Waals surface area contributed by atoms with Gasteiger partial charge in [-0.05, 0) is 38.0 Å². The monoisotopic (exact) mass is 446 g/mol. The summed E-state index contributed by atoms with van der Waals surface area (Å²) in [6.07, 6.45) is 3.07. The number of nitrogens with zero attached hydrogens (tertiary/aromatic N) is 3.